The summed E-state index contributed by atoms with van der Waals surface area (Å²) >= 11 is 0. The Morgan fingerprint density at radius 1 is 1.14 bits per heavy atom. The number of hydrogen-bond donors (Lipinski definition) is 0. The fraction of sp³-hybridized carbons (Fsp3) is 0.524. The molecule has 2 aliphatic rings. The molecule has 2 heterocycles. The molecule has 0 aromatic heterocycles. The second-order valence-electron chi connectivity index (χ2n) is 7.65. The lowest BCUT2D eigenvalue weighted by molar-refractivity contribution is -0.131. The summed E-state index contributed by atoms with van der Waals surface area (Å²) in [6, 6.07) is 9.12. The van der Waals surface area contributed by atoms with Crippen LogP contribution in [0.4, 0.5) is 0 Å². The summed E-state index contributed by atoms with van der Waals surface area (Å²) < 4.78 is 29.5. The molecule has 0 aliphatic carbocycles. The molecule has 1 amide bonds. The Labute approximate surface area is 168 Å². The number of rotatable bonds is 4. The molecule has 1 fully saturated rings. The van der Waals surface area contributed by atoms with Gasteiger partial charge in [0.1, 0.15) is 10.7 Å². The second kappa shape index (κ2) is 8.47. The highest BCUT2D eigenvalue weighted by molar-refractivity contribution is 8.00. The van der Waals surface area contributed by atoms with Gasteiger partial charge in [-0.25, -0.2) is 0 Å². The number of nitrogens with zero attached hydrogens (tertiary/aromatic N) is 3. The van der Waals surface area contributed by atoms with Crippen molar-refractivity contribution in [1.29, 1.82) is 0 Å². The van der Waals surface area contributed by atoms with Gasteiger partial charge in [-0.2, -0.15) is 8.42 Å². The van der Waals surface area contributed by atoms with Gasteiger partial charge in [0, 0.05) is 38.2 Å². The molecule has 152 valence electrons. The van der Waals surface area contributed by atoms with Crippen molar-refractivity contribution < 1.29 is 13.2 Å². The van der Waals surface area contributed by atoms with Gasteiger partial charge in [0.05, 0.1) is 0 Å². The minimum atomic E-state index is -3.70. The zero-order chi connectivity index (χ0) is 20.3. The van der Waals surface area contributed by atoms with Gasteiger partial charge >= 0.3 is 0 Å². The minimum absolute atomic E-state index is 0.189. The fourth-order valence-corrected chi connectivity index (χ4v) is 5.21. The lowest BCUT2D eigenvalue weighted by atomic mass is 10.0. The molecule has 0 radical (unpaired) electrons. The third-order valence-electron chi connectivity index (χ3n) is 5.54. The van der Waals surface area contributed by atoms with Crippen molar-refractivity contribution in [2.75, 3.05) is 26.2 Å². The van der Waals surface area contributed by atoms with Crippen molar-refractivity contribution in [3.05, 3.63) is 41.5 Å². The minimum Gasteiger partial charge on any atom is -0.354 e. The fourth-order valence-electron chi connectivity index (χ4n) is 3.72. The number of amides is 1. The number of amidine groups is 1. The largest absolute Gasteiger partial charge is 0.354 e. The number of hydrogen-bond acceptors (Lipinski definition) is 4. The molecule has 3 rings (SSSR count). The van der Waals surface area contributed by atoms with Crippen LogP contribution in [-0.2, 0) is 14.8 Å². The topological polar surface area (TPSA) is 70.1 Å². The highest BCUT2D eigenvalue weighted by atomic mass is 32.2. The summed E-state index contributed by atoms with van der Waals surface area (Å²) in [5.41, 5.74) is 1.35. The van der Waals surface area contributed by atoms with Gasteiger partial charge < -0.3 is 9.80 Å². The molecule has 0 unspecified atom stereocenters. The number of carbonyl (C=O) groups excluding carboxylic acids is 1. The molecular weight excluding hydrogens is 374 g/mol. The van der Waals surface area contributed by atoms with Crippen LogP contribution in [0.2, 0.25) is 0 Å². The Morgan fingerprint density at radius 2 is 1.86 bits per heavy atom. The van der Waals surface area contributed by atoms with Crippen molar-refractivity contribution in [3.63, 3.8) is 0 Å². The van der Waals surface area contributed by atoms with E-state index in [4.69, 9.17) is 0 Å². The Morgan fingerprint density at radius 3 is 2.54 bits per heavy atom. The van der Waals surface area contributed by atoms with E-state index in [1.807, 2.05) is 34.9 Å². The quantitative estimate of drug-likeness (QED) is 0.774. The zero-order valence-electron chi connectivity index (χ0n) is 16.9. The predicted octanol–water partition coefficient (Wildman–Crippen LogP) is 3.13. The highest BCUT2D eigenvalue weighted by Crippen LogP contribution is 2.33. The maximum absolute atomic E-state index is 12.7. The Bertz CT molecular complexity index is 891. The van der Waals surface area contributed by atoms with Crippen LogP contribution in [0.5, 0.6) is 0 Å². The van der Waals surface area contributed by atoms with Crippen LogP contribution >= 0.6 is 0 Å². The number of sulfonamides is 1. The van der Waals surface area contributed by atoms with Crippen LogP contribution in [0.25, 0.3) is 4.91 Å². The first kappa shape index (κ1) is 20.6. The molecular formula is C21H29N3O3S. The number of carbonyl (C=O) groups is 1. The maximum atomic E-state index is 12.7. The first-order valence-corrected chi connectivity index (χ1v) is 11.4. The van der Waals surface area contributed by atoms with Gasteiger partial charge in [-0.15, -0.1) is 4.40 Å². The standard InChI is InChI=1S/C21H29N3O3S/c1-4-16(2)15-19(25)23-11-8-12-24(14-13-23)21-17(3)20(28(26,27)22-21)18-9-6-5-7-10-18/h5-7,9-10,16H,4,8,11-15H2,1-3H3/t16-/m1/s1. The van der Waals surface area contributed by atoms with Crippen molar-refractivity contribution in [1.82, 2.24) is 9.80 Å². The van der Waals surface area contributed by atoms with Gasteiger partial charge in [0.25, 0.3) is 10.0 Å². The first-order valence-electron chi connectivity index (χ1n) is 9.98. The van der Waals surface area contributed by atoms with E-state index in [1.165, 1.54) is 0 Å². The molecule has 2 aliphatic heterocycles. The molecule has 0 N–H and O–H groups in total. The van der Waals surface area contributed by atoms with E-state index in [2.05, 4.69) is 18.2 Å². The normalized spacial score (nSPS) is 20.8. The average Bonchev–Trinajstić information content (AvgIpc) is 2.83. The molecule has 7 heteroatoms. The van der Waals surface area contributed by atoms with Crippen LogP contribution in [0.1, 0.15) is 45.6 Å². The van der Waals surface area contributed by atoms with Gasteiger partial charge in [-0.1, -0.05) is 50.6 Å². The predicted molar refractivity (Wildman–Crippen MR) is 112 cm³/mol. The van der Waals surface area contributed by atoms with Crippen molar-refractivity contribution in [2.24, 2.45) is 10.3 Å². The van der Waals surface area contributed by atoms with Crippen molar-refractivity contribution in [2.45, 2.75) is 40.0 Å². The molecule has 6 nitrogen and oxygen atoms in total. The Balaban J connectivity index is 1.77. The van der Waals surface area contributed by atoms with Crippen LogP contribution < -0.4 is 0 Å². The van der Waals surface area contributed by atoms with Gasteiger partial charge in [-0.05, 0) is 24.8 Å². The second-order valence-corrected chi connectivity index (χ2v) is 9.19. The Hall–Kier alpha value is -2.15. The Kier molecular flexibility index (Phi) is 6.23. The summed E-state index contributed by atoms with van der Waals surface area (Å²) in [5.74, 6) is 1.10. The molecule has 0 bridgehead atoms. The van der Waals surface area contributed by atoms with Gasteiger partial charge in [-0.3, -0.25) is 4.79 Å². The van der Waals surface area contributed by atoms with E-state index in [1.54, 1.807) is 12.1 Å². The zero-order valence-corrected chi connectivity index (χ0v) is 17.7. The van der Waals surface area contributed by atoms with Crippen molar-refractivity contribution in [3.8, 4) is 0 Å². The lowest BCUT2D eigenvalue weighted by Gasteiger charge is -2.24. The monoisotopic (exact) mass is 403 g/mol. The molecule has 28 heavy (non-hydrogen) atoms. The summed E-state index contributed by atoms with van der Waals surface area (Å²) in [5, 5.41) is 0. The SMILES string of the molecule is CC[C@@H](C)CC(=O)N1CCCN(C2=NS(=O)(=O)C(c3ccccc3)=C2C)CC1. The van der Waals surface area contributed by atoms with Crippen LogP contribution in [0, 0.1) is 5.92 Å². The third-order valence-corrected chi connectivity index (χ3v) is 7.02. The van der Waals surface area contributed by atoms with Crippen LogP contribution in [0.3, 0.4) is 0 Å². The molecule has 1 saturated heterocycles. The molecule has 0 spiro atoms. The van der Waals surface area contributed by atoms with Crippen LogP contribution in [-0.4, -0.2) is 56.1 Å². The molecule has 1 atom stereocenters. The van der Waals surface area contributed by atoms with E-state index in [9.17, 15) is 13.2 Å². The average molecular weight is 404 g/mol. The van der Waals surface area contributed by atoms with Gasteiger partial charge in [0.2, 0.25) is 5.91 Å². The van der Waals surface area contributed by atoms with Crippen LogP contribution in [0.15, 0.2) is 40.3 Å². The van der Waals surface area contributed by atoms with E-state index in [0.717, 1.165) is 12.8 Å². The maximum Gasteiger partial charge on any atom is 0.285 e. The number of benzene rings is 1. The summed E-state index contributed by atoms with van der Waals surface area (Å²) in [6.07, 6.45) is 2.37. The smallest absolute Gasteiger partial charge is 0.285 e. The van der Waals surface area contributed by atoms with E-state index in [-0.39, 0.29) is 10.8 Å². The third kappa shape index (κ3) is 4.29. The van der Waals surface area contributed by atoms with E-state index >= 15 is 0 Å². The van der Waals surface area contributed by atoms with E-state index in [0.29, 0.717) is 55.5 Å². The molecule has 0 saturated carbocycles. The summed E-state index contributed by atoms with van der Waals surface area (Å²) in [6.45, 7) is 8.62. The molecule has 1 aromatic carbocycles. The van der Waals surface area contributed by atoms with Gasteiger partial charge in [0.15, 0.2) is 0 Å². The molecule has 1 aromatic rings. The summed E-state index contributed by atoms with van der Waals surface area (Å²) in [4.78, 5) is 16.7. The summed E-state index contributed by atoms with van der Waals surface area (Å²) in [7, 11) is -3.70. The van der Waals surface area contributed by atoms with E-state index < -0.39 is 10.0 Å². The first-order chi connectivity index (χ1) is 13.3. The highest BCUT2D eigenvalue weighted by Gasteiger charge is 2.34. The van der Waals surface area contributed by atoms with Crippen molar-refractivity contribution >= 4 is 26.7 Å². The lowest BCUT2D eigenvalue weighted by Crippen LogP contribution is -2.37.